The monoisotopic (exact) mass is 348 g/mol. The third-order valence-corrected chi connectivity index (χ3v) is 4.84. The van der Waals surface area contributed by atoms with Crippen molar-refractivity contribution in [3.05, 3.63) is 66.2 Å². The van der Waals surface area contributed by atoms with Gasteiger partial charge in [-0.25, -0.2) is 9.97 Å². The molecule has 0 spiro atoms. The second-order valence-corrected chi connectivity index (χ2v) is 6.67. The standard InChI is InChI=1S/C20H20N4O2/c25-18(12-15-6-2-1-3-7-15)16-8-4-10-23(13-16)19(26)17-14-24-11-5-9-21-20(24)22-17/h1-3,5-7,9,11,14,16H,4,8,10,12-13H2/t16-/m0/s1. The summed E-state index contributed by atoms with van der Waals surface area (Å²) in [6, 6.07) is 11.6. The van der Waals surface area contributed by atoms with Gasteiger partial charge in [0.2, 0.25) is 5.78 Å². The van der Waals surface area contributed by atoms with E-state index in [1.165, 1.54) is 0 Å². The molecule has 1 saturated heterocycles. The smallest absolute Gasteiger partial charge is 0.274 e. The van der Waals surface area contributed by atoms with E-state index in [0.717, 1.165) is 18.4 Å². The zero-order valence-electron chi connectivity index (χ0n) is 14.4. The van der Waals surface area contributed by atoms with Crippen LogP contribution in [0.1, 0.15) is 28.9 Å². The van der Waals surface area contributed by atoms with Crippen molar-refractivity contribution in [2.45, 2.75) is 19.3 Å². The number of carbonyl (C=O) groups excluding carboxylic acids is 2. The van der Waals surface area contributed by atoms with E-state index in [1.807, 2.05) is 36.5 Å². The van der Waals surface area contributed by atoms with E-state index in [0.29, 0.717) is 31.0 Å². The van der Waals surface area contributed by atoms with Gasteiger partial charge in [0.25, 0.3) is 5.91 Å². The highest BCUT2D eigenvalue weighted by Crippen LogP contribution is 2.21. The maximum absolute atomic E-state index is 12.8. The van der Waals surface area contributed by atoms with Gasteiger partial charge >= 0.3 is 0 Å². The first kappa shape index (κ1) is 16.4. The maximum atomic E-state index is 12.8. The second-order valence-electron chi connectivity index (χ2n) is 6.67. The van der Waals surface area contributed by atoms with Gasteiger partial charge in [0.05, 0.1) is 0 Å². The number of imidazole rings is 1. The number of nitrogens with zero attached hydrogens (tertiary/aromatic N) is 4. The van der Waals surface area contributed by atoms with Crippen molar-refractivity contribution in [3.8, 4) is 0 Å². The predicted molar refractivity (Wildman–Crippen MR) is 96.8 cm³/mol. The highest BCUT2D eigenvalue weighted by atomic mass is 16.2. The highest BCUT2D eigenvalue weighted by Gasteiger charge is 2.29. The number of piperidine rings is 1. The van der Waals surface area contributed by atoms with Crippen LogP contribution in [0.5, 0.6) is 0 Å². The summed E-state index contributed by atoms with van der Waals surface area (Å²) in [4.78, 5) is 35.6. The topological polar surface area (TPSA) is 67.6 Å². The van der Waals surface area contributed by atoms with Gasteiger partial charge in [0.1, 0.15) is 11.5 Å². The van der Waals surface area contributed by atoms with Crippen LogP contribution in [-0.4, -0.2) is 44.0 Å². The molecule has 0 saturated carbocycles. The molecule has 1 aliphatic heterocycles. The first-order valence-electron chi connectivity index (χ1n) is 8.86. The maximum Gasteiger partial charge on any atom is 0.274 e. The first-order valence-corrected chi connectivity index (χ1v) is 8.86. The van der Waals surface area contributed by atoms with Crippen molar-refractivity contribution in [1.29, 1.82) is 0 Å². The molecule has 1 amide bonds. The fraction of sp³-hybridized carbons (Fsp3) is 0.300. The van der Waals surface area contributed by atoms with E-state index in [2.05, 4.69) is 9.97 Å². The summed E-state index contributed by atoms with van der Waals surface area (Å²) in [6.45, 7) is 1.13. The summed E-state index contributed by atoms with van der Waals surface area (Å²) in [5.41, 5.74) is 1.40. The molecule has 1 fully saturated rings. The van der Waals surface area contributed by atoms with Gasteiger partial charge in [0, 0.05) is 44.0 Å². The fourth-order valence-electron chi connectivity index (χ4n) is 3.46. The van der Waals surface area contributed by atoms with Gasteiger partial charge in [0.15, 0.2) is 0 Å². The number of likely N-dealkylation sites (tertiary alicyclic amines) is 1. The van der Waals surface area contributed by atoms with Crippen LogP contribution in [-0.2, 0) is 11.2 Å². The highest BCUT2D eigenvalue weighted by molar-refractivity contribution is 5.93. The lowest BCUT2D eigenvalue weighted by molar-refractivity contribution is -0.123. The predicted octanol–water partition coefficient (Wildman–Crippen LogP) is 2.39. The number of fused-ring (bicyclic) bond motifs is 1. The van der Waals surface area contributed by atoms with E-state index in [-0.39, 0.29) is 17.6 Å². The lowest BCUT2D eigenvalue weighted by Crippen LogP contribution is -2.42. The molecule has 3 aromatic rings. The number of rotatable bonds is 4. The number of Topliss-reactive ketones (excluding diaryl/α,β-unsaturated/α-hetero) is 1. The van der Waals surface area contributed by atoms with Gasteiger partial charge in [-0.15, -0.1) is 0 Å². The van der Waals surface area contributed by atoms with Crippen LogP contribution in [0, 0.1) is 5.92 Å². The van der Waals surface area contributed by atoms with Gasteiger partial charge in [-0.2, -0.15) is 0 Å². The zero-order valence-corrected chi connectivity index (χ0v) is 14.4. The van der Waals surface area contributed by atoms with E-state index in [4.69, 9.17) is 0 Å². The molecule has 1 atom stereocenters. The summed E-state index contributed by atoms with van der Waals surface area (Å²) >= 11 is 0. The summed E-state index contributed by atoms with van der Waals surface area (Å²) in [7, 11) is 0. The van der Waals surface area contributed by atoms with Crippen LogP contribution >= 0.6 is 0 Å². The number of carbonyl (C=O) groups is 2. The normalized spacial score (nSPS) is 17.4. The molecule has 4 rings (SSSR count). The van der Waals surface area contributed by atoms with Gasteiger partial charge in [-0.1, -0.05) is 30.3 Å². The Labute approximate surface area is 151 Å². The molecule has 2 aromatic heterocycles. The van der Waals surface area contributed by atoms with Crippen molar-refractivity contribution >= 4 is 17.5 Å². The molecule has 0 unspecified atom stereocenters. The number of amides is 1. The Balaban J connectivity index is 1.45. The largest absolute Gasteiger partial charge is 0.337 e. The Kier molecular flexibility index (Phi) is 4.48. The molecule has 26 heavy (non-hydrogen) atoms. The number of hydrogen-bond donors (Lipinski definition) is 0. The van der Waals surface area contributed by atoms with Crippen LogP contribution in [0.2, 0.25) is 0 Å². The zero-order chi connectivity index (χ0) is 17.9. The third kappa shape index (κ3) is 3.35. The summed E-state index contributed by atoms with van der Waals surface area (Å²) in [5.74, 6) is 0.464. The van der Waals surface area contributed by atoms with Crippen molar-refractivity contribution in [2.75, 3.05) is 13.1 Å². The van der Waals surface area contributed by atoms with E-state index >= 15 is 0 Å². The third-order valence-electron chi connectivity index (χ3n) is 4.84. The van der Waals surface area contributed by atoms with Crippen LogP contribution in [0.15, 0.2) is 55.0 Å². The molecule has 0 aliphatic carbocycles. The fourth-order valence-corrected chi connectivity index (χ4v) is 3.46. The van der Waals surface area contributed by atoms with E-state index in [9.17, 15) is 9.59 Å². The van der Waals surface area contributed by atoms with Crippen LogP contribution in [0.3, 0.4) is 0 Å². The number of hydrogen-bond acceptors (Lipinski definition) is 4. The minimum atomic E-state index is -0.132. The quantitative estimate of drug-likeness (QED) is 0.726. The van der Waals surface area contributed by atoms with E-state index < -0.39 is 0 Å². The summed E-state index contributed by atoms with van der Waals surface area (Å²) in [6.07, 6.45) is 7.25. The molecule has 1 aromatic carbocycles. The van der Waals surface area contributed by atoms with Crippen molar-refractivity contribution in [3.63, 3.8) is 0 Å². The molecule has 3 heterocycles. The SMILES string of the molecule is O=C(Cc1ccccc1)[C@H]1CCCN(C(=O)c2cn3cccnc3n2)C1. The van der Waals surface area contributed by atoms with Gasteiger partial charge in [-0.3, -0.25) is 14.0 Å². The Bertz CT molecular complexity index is 902. The van der Waals surface area contributed by atoms with Crippen LogP contribution in [0.25, 0.3) is 5.78 Å². The molecule has 6 heteroatoms. The molecule has 6 nitrogen and oxygen atoms in total. The van der Waals surface area contributed by atoms with Crippen molar-refractivity contribution in [1.82, 2.24) is 19.3 Å². The first-order chi connectivity index (χ1) is 12.7. The van der Waals surface area contributed by atoms with E-state index in [1.54, 1.807) is 27.8 Å². The average Bonchev–Trinajstić information content (AvgIpc) is 3.12. The minimum Gasteiger partial charge on any atom is -0.337 e. The Hall–Kier alpha value is -3.02. The second kappa shape index (κ2) is 7.07. The minimum absolute atomic E-state index is 0.108. The number of ketones is 1. The number of benzene rings is 1. The van der Waals surface area contributed by atoms with Crippen LogP contribution < -0.4 is 0 Å². The average molecular weight is 348 g/mol. The molecule has 0 N–H and O–H groups in total. The Morgan fingerprint density at radius 3 is 2.81 bits per heavy atom. The molecule has 0 bridgehead atoms. The molecular formula is C20H20N4O2. The molecule has 132 valence electrons. The Morgan fingerprint density at radius 1 is 1.15 bits per heavy atom. The van der Waals surface area contributed by atoms with Crippen molar-refractivity contribution in [2.24, 2.45) is 5.92 Å². The van der Waals surface area contributed by atoms with Crippen molar-refractivity contribution < 1.29 is 9.59 Å². The Morgan fingerprint density at radius 2 is 2.00 bits per heavy atom. The molecule has 1 aliphatic rings. The van der Waals surface area contributed by atoms with Gasteiger partial charge < -0.3 is 4.90 Å². The lowest BCUT2D eigenvalue weighted by Gasteiger charge is -2.31. The molecule has 0 radical (unpaired) electrons. The summed E-state index contributed by atoms with van der Waals surface area (Å²) in [5, 5.41) is 0. The number of aromatic nitrogens is 3. The van der Waals surface area contributed by atoms with Gasteiger partial charge in [-0.05, 0) is 24.5 Å². The molecular weight excluding hydrogens is 328 g/mol. The lowest BCUT2D eigenvalue weighted by atomic mass is 9.90. The van der Waals surface area contributed by atoms with Crippen LogP contribution in [0.4, 0.5) is 0 Å². The summed E-state index contributed by atoms with van der Waals surface area (Å²) < 4.78 is 1.73.